The zero-order valence-electron chi connectivity index (χ0n) is 13.7. The Morgan fingerprint density at radius 1 is 0.826 bits per heavy atom. The molecule has 0 bridgehead atoms. The highest BCUT2D eigenvalue weighted by molar-refractivity contribution is 6.09. The number of rotatable bonds is 1. The maximum absolute atomic E-state index is 4.68. The second kappa shape index (κ2) is 4.95. The number of hydrogen-bond acceptors (Lipinski definition) is 1. The van der Waals surface area contributed by atoms with Gasteiger partial charge in [-0.25, -0.2) is 4.98 Å². The average Bonchev–Trinajstić information content (AvgIpc) is 2.89. The molecule has 23 heavy (non-hydrogen) atoms. The van der Waals surface area contributed by atoms with E-state index < -0.39 is 0 Å². The van der Waals surface area contributed by atoms with Gasteiger partial charge in [0.15, 0.2) is 0 Å². The van der Waals surface area contributed by atoms with Crippen LogP contribution >= 0.6 is 0 Å². The first-order chi connectivity index (χ1) is 11.1. The summed E-state index contributed by atoms with van der Waals surface area (Å²) >= 11 is 0. The Bertz CT molecular complexity index is 989. The lowest BCUT2D eigenvalue weighted by Gasteiger charge is -2.20. The predicted octanol–water partition coefficient (Wildman–Crippen LogP) is 5.48. The summed E-state index contributed by atoms with van der Waals surface area (Å²) in [5.41, 5.74) is 4.84. The molecule has 2 aromatic heterocycles. The van der Waals surface area contributed by atoms with E-state index in [1.54, 1.807) is 0 Å². The third-order valence-electron chi connectivity index (χ3n) is 4.37. The number of aromatic nitrogens is 2. The Hall–Kier alpha value is -2.61. The van der Waals surface area contributed by atoms with Crippen molar-refractivity contribution in [2.45, 2.75) is 26.2 Å². The molecule has 0 fully saturated rings. The fraction of sp³-hybridized carbons (Fsp3) is 0.190. The Balaban J connectivity index is 2.23. The third kappa shape index (κ3) is 2.14. The van der Waals surface area contributed by atoms with Crippen LogP contribution in [-0.2, 0) is 5.41 Å². The summed E-state index contributed by atoms with van der Waals surface area (Å²) < 4.78 is 2.26. The molecule has 0 saturated heterocycles. The molecule has 0 radical (unpaired) electrons. The fourth-order valence-electron chi connectivity index (χ4n) is 3.36. The van der Waals surface area contributed by atoms with Crippen LogP contribution in [0.2, 0.25) is 0 Å². The van der Waals surface area contributed by atoms with Gasteiger partial charge in [0, 0.05) is 22.7 Å². The van der Waals surface area contributed by atoms with E-state index in [4.69, 9.17) is 0 Å². The Morgan fingerprint density at radius 3 is 2.35 bits per heavy atom. The van der Waals surface area contributed by atoms with Crippen LogP contribution < -0.4 is 0 Å². The van der Waals surface area contributed by atoms with Gasteiger partial charge in [-0.15, -0.1) is 0 Å². The highest BCUT2D eigenvalue weighted by atomic mass is 15.0. The first kappa shape index (κ1) is 14.0. The standard InChI is InChI=1S/C21H20N2/c1-21(2,3)17-12-7-13-18-19(17)16-11-8-14-22-20(16)23(18)15-9-5-4-6-10-15/h4-14H,1-3H3. The van der Waals surface area contributed by atoms with E-state index in [0.29, 0.717) is 0 Å². The van der Waals surface area contributed by atoms with Crippen molar-refractivity contribution in [3.05, 3.63) is 72.4 Å². The molecular formula is C21H20N2. The van der Waals surface area contributed by atoms with Crippen LogP contribution in [0.25, 0.3) is 27.6 Å². The fourth-order valence-corrected chi connectivity index (χ4v) is 3.36. The molecule has 4 rings (SSSR count). The van der Waals surface area contributed by atoms with Crippen molar-refractivity contribution < 1.29 is 0 Å². The number of benzene rings is 2. The van der Waals surface area contributed by atoms with E-state index >= 15 is 0 Å². The molecule has 0 aliphatic heterocycles. The molecule has 0 spiro atoms. The van der Waals surface area contributed by atoms with E-state index in [2.05, 4.69) is 78.9 Å². The molecule has 0 unspecified atom stereocenters. The van der Waals surface area contributed by atoms with Gasteiger partial charge >= 0.3 is 0 Å². The Morgan fingerprint density at radius 2 is 1.61 bits per heavy atom. The van der Waals surface area contributed by atoms with Gasteiger partial charge in [0.05, 0.1) is 5.52 Å². The average molecular weight is 300 g/mol. The molecule has 0 atom stereocenters. The maximum atomic E-state index is 4.68. The van der Waals surface area contributed by atoms with E-state index in [1.165, 1.54) is 21.9 Å². The zero-order chi connectivity index (χ0) is 16.0. The summed E-state index contributed by atoms with van der Waals surface area (Å²) in [5.74, 6) is 0. The molecule has 2 heteroatoms. The first-order valence-corrected chi connectivity index (χ1v) is 8.01. The van der Waals surface area contributed by atoms with Crippen molar-refractivity contribution in [1.82, 2.24) is 9.55 Å². The second-order valence-electron chi connectivity index (χ2n) is 7.00. The highest BCUT2D eigenvalue weighted by Crippen LogP contribution is 2.37. The van der Waals surface area contributed by atoms with Crippen molar-refractivity contribution >= 4 is 21.9 Å². The molecule has 114 valence electrons. The predicted molar refractivity (Wildman–Crippen MR) is 97.3 cm³/mol. The van der Waals surface area contributed by atoms with Gasteiger partial charge < -0.3 is 0 Å². The van der Waals surface area contributed by atoms with Gasteiger partial charge in [0.1, 0.15) is 5.65 Å². The number of fused-ring (bicyclic) bond motifs is 3. The molecule has 0 aliphatic carbocycles. The van der Waals surface area contributed by atoms with Crippen molar-refractivity contribution in [3.8, 4) is 5.69 Å². The summed E-state index contributed by atoms with van der Waals surface area (Å²) in [7, 11) is 0. The SMILES string of the molecule is CC(C)(C)c1cccc2c1c1cccnc1n2-c1ccccc1. The molecule has 0 saturated carbocycles. The van der Waals surface area contributed by atoms with Crippen LogP contribution in [0.5, 0.6) is 0 Å². The summed E-state index contributed by atoms with van der Waals surface area (Å²) in [4.78, 5) is 4.68. The molecular weight excluding hydrogens is 280 g/mol. The molecule has 2 heterocycles. The van der Waals surface area contributed by atoms with Crippen molar-refractivity contribution in [1.29, 1.82) is 0 Å². The lowest BCUT2D eigenvalue weighted by molar-refractivity contribution is 0.596. The van der Waals surface area contributed by atoms with Gasteiger partial charge in [0.2, 0.25) is 0 Å². The largest absolute Gasteiger partial charge is 0.294 e. The molecule has 0 aliphatic rings. The topological polar surface area (TPSA) is 17.8 Å². The van der Waals surface area contributed by atoms with Crippen LogP contribution in [0.15, 0.2) is 66.9 Å². The van der Waals surface area contributed by atoms with Crippen molar-refractivity contribution in [2.75, 3.05) is 0 Å². The lowest BCUT2D eigenvalue weighted by Crippen LogP contribution is -2.11. The van der Waals surface area contributed by atoms with Crippen LogP contribution in [0, 0.1) is 0 Å². The minimum atomic E-state index is 0.0884. The van der Waals surface area contributed by atoms with Gasteiger partial charge in [-0.05, 0) is 41.3 Å². The summed E-state index contributed by atoms with van der Waals surface area (Å²) in [6.45, 7) is 6.80. The van der Waals surface area contributed by atoms with E-state index in [9.17, 15) is 0 Å². The number of nitrogens with zero attached hydrogens (tertiary/aromatic N) is 2. The van der Waals surface area contributed by atoms with Crippen LogP contribution in [0.1, 0.15) is 26.3 Å². The number of pyridine rings is 1. The summed E-state index contributed by atoms with van der Waals surface area (Å²) in [6.07, 6.45) is 1.87. The smallest absolute Gasteiger partial charge is 0.145 e. The van der Waals surface area contributed by atoms with Gasteiger partial charge in [-0.1, -0.05) is 51.1 Å². The van der Waals surface area contributed by atoms with Gasteiger partial charge in [-0.3, -0.25) is 4.57 Å². The van der Waals surface area contributed by atoms with E-state index in [-0.39, 0.29) is 5.41 Å². The zero-order valence-corrected chi connectivity index (χ0v) is 13.7. The molecule has 2 aromatic carbocycles. The summed E-state index contributed by atoms with van der Waals surface area (Å²) in [6, 6.07) is 21.3. The number of para-hydroxylation sites is 1. The second-order valence-corrected chi connectivity index (χ2v) is 7.00. The molecule has 2 nitrogen and oxygen atoms in total. The van der Waals surface area contributed by atoms with Crippen molar-refractivity contribution in [2.24, 2.45) is 0 Å². The first-order valence-electron chi connectivity index (χ1n) is 8.01. The van der Waals surface area contributed by atoms with E-state index in [0.717, 1.165) is 11.3 Å². The van der Waals surface area contributed by atoms with E-state index in [1.807, 2.05) is 18.3 Å². The minimum absolute atomic E-state index is 0.0884. The molecule has 4 aromatic rings. The highest BCUT2D eigenvalue weighted by Gasteiger charge is 2.22. The lowest BCUT2D eigenvalue weighted by atomic mass is 9.84. The molecule has 0 N–H and O–H groups in total. The Kier molecular flexibility index (Phi) is 3.02. The van der Waals surface area contributed by atoms with Crippen LogP contribution in [0.3, 0.4) is 0 Å². The quantitative estimate of drug-likeness (QED) is 0.455. The third-order valence-corrected chi connectivity index (χ3v) is 4.37. The monoisotopic (exact) mass is 300 g/mol. The maximum Gasteiger partial charge on any atom is 0.145 e. The van der Waals surface area contributed by atoms with Gasteiger partial charge in [0.25, 0.3) is 0 Å². The van der Waals surface area contributed by atoms with Crippen molar-refractivity contribution in [3.63, 3.8) is 0 Å². The van der Waals surface area contributed by atoms with Crippen LogP contribution in [0.4, 0.5) is 0 Å². The van der Waals surface area contributed by atoms with Crippen LogP contribution in [-0.4, -0.2) is 9.55 Å². The normalized spacial score (nSPS) is 12.1. The summed E-state index contributed by atoms with van der Waals surface area (Å²) in [5, 5.41) is 2.53. The molecule has 0 amide bonds. The Labute approximate surface area is 136 Å². The number of hydrogen-bond donors (Lipinski definition) is 0. The minimum Gasteiger partial charge on any atom is -0.294 e. The van der Waals surface area contributed by atoms with Gasteiger partial charge in [-0.2, -0.15) is 0 Å².